The van der Waals surface area contributed by atoms with Gasteiger partial charge in [-0.3, -0.25) is 5.10 Å². The summed E-state index contributed by atoms with van der Waals surface area (Å²) in [5, 5.41) is 11.9. The van der Waals surface area contributed by atoms with Crippen LogP contribution in [0.4, 0.5) is 16.3 Å². The Morgan fingerprint density at radius 1 is 1.33 bits per heavy atom. The van der Waals surface area contributed by atoms with Crippen LogP contribution in [0.3, 0.4) is 0 Å². The van der Waals surface area contributed by atoms with E-state index in [0.29, 0.717) is 12.2 Å². The standard InChI is InChI=1S/C16H22N6O2/c1-11-9-22(10-12(2)24-11)15-4-3-13(5-17-15)6-18-16(23)21-14-7-19-20-8-14/h3-5,7-8,11-12H,6,9-10H2,1-2H3,(H,19,20)(H2,18,21,23)/t11-,12-/m0/s1. The molecule has 8 heteroatoms. The average molecular weight is 330 g/mol. The second-order valence-electron chi connectivity index (χ2n) is 5.98. The third-order valence-corrected chi connectivity index (χ3v) is 3.76. The summed E-state index contributed by atoms with van der Waals surface area (Å²) >= 11 is 0. The summed E-state index contributed by atoms with van der Waals surface area (Å²) in [4.78, 5) is 18.5. The van der Waals surface area contributed by atoms with Crippen molar-refractivity contribution in [1.29, 1.82) is 0 Å². The Morgan fingerprint density at radius 2 is 2.12 bits per heavy atom. The van der Waals surface area contributed by atoms with Gasteiger partial charge in [0.15, 0.2) is 0 Å². The van der Waals surface area contributed by atoms with E-state index in [1.807, 2.05) is 12.1 Å². The number of ether oxygens (including phenoxy) is 1. The van der Waals surface area contributed by atoms with Gasteiger partial charge in [0, 0.05) is 32.0 Å². The second-order valence-corrected chi connectivity index (χ2v) is 5.98. The number of aromatic amines is 1. The van der Waals surface area contributed by atoms with Gasteiger partial charge in [0.2, 0.25) is 0 Å². The molecule has 0 spiro atoms. The zero-order valence-electron chi connectivity index (χ0n) is 13.8. The van der Waals surface area contributed by atoms with Crippen LogP contribution in [0.1, 0.15) is 19.4 Å². The van der Waals surface area contributed by atoms with E-state index in [9.17, 15) is 4.79 Å². The quantitative estimate of drug-likeness (QED) is 0.794. The fourth-order valence-corrected chi connectivity index (χ4v) is 2.75. The van der Waals surface area contributed by atoms with Crippen LogP contribution >= 0.6 is 0 Å². The molecule has 24 heavy (non-hydrogen) atoms. The normalized spacial score (nSPS) is 20.7. The Kier molecular flexibility index (Phi) is 4.95. The number of carbonyl (C=O) groups is 1. The van der Waals surface area contributed by atoms with E-state index in [2.05, 4.69) is 44.6 Å². The predicted molar refractivity (Wildman–Crippen MR) is 90.9 cm³/mol. The maximum Gasteiger partial charge on any atom is 0.319 e. The molecule has 0 saturated carbocycles. The van der Waals surface area contributed by atoms with Crippen LogP contribution in [-0.4, -0.2) is 46.5 Å². The van der Waals surface area contributed by atoms with E-state index in [1.54, 1.807) is 18.6 Å². The highest BCUT2D eigenvalue weighted by Crippen LogP contribution is 2.18. The van der Waals surface area contributed by atoms with Crippen molar-refractivity contribution in [3.63, 3.8) is 0 Å². The fraction of sp³-hybridized carbons (Fsp3) is 0.438. The number of morpholine rings is 1. The first-order valence-corrected chi connectivity index (χ1v) is 7.99. The third kappa shape index (κ3) is 4.23. The van der Waals surface area contributed by atoms with Crippen LogP contribution in [0.25, 0.3) is 0 Å². The molecule has 3 rings (SSSR count). The number of rotatable bonds is 4. The van der Waals surface area contributed by atoms with Crippen molar-refractivity contribution in [1.82, 2.24) is 20.5 Å². The Balaban J connectivity index is 1.52. The molecule has 128 valence electrons. The maximum absolute atomic E-state index is 11.8. The Bertz CT molecular complexity index is 648. The molecule has 0 aromatic carbocycles. The number of nitrogens with zero attached hydrogens (tertiary/aromatic N) is 3. The first-order valence-electron chi connectivity index (χ1n) is 7.99. The smallest absolute Gasteiger partial charge is 0.319 e. The number of H-pyrrole nitrogens is 1. The molecular formula is C16H22N6O2. The summed E-state index contributed by atoms with van der Waals surface area (Å²) in [5.41, 5.74) is 1.56. The molecule has 2 aromatic heterocycles. The van der Waals surface area contributed by atoms with E-state index in [1.165, 1.54) is 0 Å². The van der Waals surface area contributed by atoms with Crippen LogP contribution in [0.15, 0.2) is 30.7 Å². The SMILES string of the molecule is C[C@H]1CN(c2ccc(CNC(=O)Nc3cn[nH]c3)cn2)C[C@H](C)O1. The van der Waals surface area contributed by atoms with Crippen LogP contribution in [-0.2, 0) is 11.3 Å². The fourth-order valence-electron chi connectivity index (χ4n) is 2.75. The van der Waals surface area contributed by atoms with Crippen molar-refractivity contribution in [3.8, 4) is 0 Å². The van der Waals surface area contributed by atoms with Crippen molar-refractivity contribution >= 4 is 17.5 Å². The van der Waals surface area contributed by atoms with Gasteiger partial charge in [-0.15, -0.1) is 0 Å². The Morgan fingerprint density at radius 3 is 2.75 bits per heavy atom. The van der Waals surface area contributed by atoms with Gasteiger partial charge in [-0.25, -0.2) is 9.78 Å². The van der Waals surface area contributed by atoms with Crippen molar-refractivity contribution in [2.24, 2.45) is 0 Å². The minimum absolute atomic E-state index is 0.198. The summed E-state index contributed by atoms with van der Waals surface area (Å²) in [7, 11) is 0. The third-order valence-electron chi connectivity index (χ3n) is 3.76. The molecule has 1 fully saturated rings. The molecule has 0 aliphatic carbocycles. The zero-order chi connectivity index (χ0) is 16.9. The number of hydrogen-bond donors (Lipinski definition) is 3. The van der Waals surface area contributed by atoms with Gasteiger partial charge >= 0.3 is 6.03 Å². The molecule has 2 atom stereocenters. The van der Waals surface area contributed by atoms with E-state index in [-0.39, 0.29) is 18.2 Å². The van der Waals surface area contributed by atoms with Gasteiger partial charge in [-0.2, -0.15) is 5.10 Å². The van der Waals surface area contributed by atoms with Crippen LogP contribution in [0.5, 0.6) is 0 Å². The molecule has 0 radical (unpaired) electrons. The molecule has 1 saturated heterocycles. The number of amides is 2. The van der Waals surface area contributed by atoms with E-state index < -0.39 is 0 Å². The number of urea groups is 1. The Hall–Kier alpha value is -2.61. The van der Waals surface area contributed by atoms with Crippen LogP contribution in [0.2, 0.25) is 0 Å². The number of anilines is 2. The van der Waals surface area contributed by atoms with Crippen molar-refractivity contribution in [3.05, 3.63) is 36.3 Å². The monoisotopic (exact) mass is 330 g/mol. The van der Waals surface area contributed by atoms with Crippen molar-refractivity contribution in [2.45, 2.75) is 32.6 Å². The molecule has 0 bridgehead atoms. The summed E-state index contributed by atoms with van der Waals surface area (Å²) < 4.78 is 5.74. The highest BCUT2D eigenvalue weighted by Gasteiger charge is 2.22. The molecule has 1 aliphatic rings. The maximum atomic E-state index is 11.8. The summed E-state index contributed by atoms with van der Waals surface area (Å²) in [6.07, 6.45) is 5.34. The lowest BCUT2D eigenvalue weighted by atomic mass is 10.2. The van der Waals surface area contributed by atoms with Crippen molar-refractivity contribution < 1.29 is 9.53 Å². The molecule has 2 amide bonds. The largest absolute Gasteiger partial charge is 0.372 e. The number of carbonyl (C=O) groups excluding carboxylic acids is 1. The lowest BCUT2D eigenvalue weighted by Gasteiger charge is -2.36. The Labute approximate surface area is 140 Å². The predicted octanol–water partition coefficient (Wildman–Crippen LogP) is 1.74. The van der Waals surface area contributed by atoms with E-state index >= 15 is 0 Å². The first kappa shape index (κ1) is 16.3. The lowest BCUT2D eigenvalue weighted by Crippen LogP contribution is -2.45. The molecular weight excluding hydrogens is 308 g/mol. The van der Waals surface area contributed by atoms with Gasteiger partial charge in [-0.1, -0.05) is 6.07 Å². The van der Waals surface area contributed by atoms with Gasteiger partial charge in [-0.05, 0) is 25.5 Å². The topological polar surface area (TPSA) is 95.2 Å². The van der Waals surface area contributed by atoms with Gasteiger partial charge in [0.25, 0.3) is 0 Å². The van der Waals surface area contributed by atoms with E-state index in [4.69, 9.17) is 4.74 Å². The number of aromatic nitrogens is 3. The van der Waals surface area contributed by atoms with Crippen LogP contribution in [0, 0.1) is 0 Å². The minimum Gasteiger partial charge on any atom is -0.372 e. The summed E-state index contributed by atoms with van der Waals surface area (Å²) in [5.74, 6) is 0.934. The van der Waals surface area contributed by atoms with Crippen molar-refractivity contribution in [2.75, 3.05) is 23.3 Å². The van der Waals surface area contributed by atoms with Gasteiger partial charge < -0.3 is 20.3 Å². The molecule has 3 N–H and O–H groups in total. The van der Waals surface area contributed by atoms with Gasteiger partial charge in [0.05, 0.1) is 24.1 Å². The van der Waals surface area contributed by atoms with Gasteiger partial charge in [0.1, 0.15) is 5.82 Å². The number of hydrogen-bond acceptors (Lipinski definition) is 5. The second kappa shape index (κ2) is 7.31. The van der Waals surface area contributed by atoms with Crippen LogP contribution < -0.4 is 15.5 Å². The molecule has 0 unspecified atom stereocenters. The lowest BCUT2D eigenvalue weighted by molar-refractivity contribution is -0.00546. The molecule has 1 aliphatic heterocycles. The minimum atomic E-state index is -0.281. The molecule has 8 nitrogen and oxygen atoms in total. The average Bonchev–Trinajstić information content (AvgIpc) is 3.05. The zero-order valence-corrected chi connectivity index (χ0v) is 13.8. The molecule has 3 heterocycles. The number of pyridine rings is 1. The summed E-state index contributed by atoms with van der Waals surface area (Å²) in [6.45, 7) is 6.22. The highest BCUT2D eigenvalue weighted by molar-refractivity contribution is 5.88. The number of nitrogens with one attached hydrogen (secondary N) is 3. The highest BCUT2D eigenvalue weighted by atomic mass is 16.5. The molecule has 2 aromatic rings. The van der Waals surface area contributed by atoms with E-state index in [0.717, 1.165) is 24.5 Å². The summed E-state index contributed by atoms with van der Waals surface area (Å²) in [6, 6.07) is 3.68. The first-order chi connectivity index (χ1) is 11.6.